The molecule has 0 aliphatic heterocycles. The first-order valence-corrected chi connectivity index (χ1v) is 18.9. The van der Waals surface area contributed by atoms with Gasteiger partial charge >= 0.3 is 23.9 Å². The fraction of sp³-hybridized carbons (Fsp3) is 0.667. The second-order valence-electron chi connectivity index (χ2n) is 12.5. The monoisotopic (exact) mass is 729 g/mol. The predicted octanol–water partition coefficient (Wildman–Crippen LogP) is 5.68. The van der Waals surface area contributed by atoms with Crippen molar-refractivity contribution < 1.29 is 61.1 Å². The van der Waals surface area contributed by atoms with Gasteiger partial charge in [0.15, 0.2) is 6.10 Å². The quantitative estimate of drug-likeness (QED) is 0.0169. The molecule has 0 N–H and O–H groups in total. The molecule has 286 valence electrons. The summed E-state index contributed by atoms with van der Waals surface area (Å²) in [6, 6.07) is 0. The number of rotatable bonds is 30. The van der Waals surface area contributed by atoms with E-state index in [1.165, 1.54) is 12.2 Å². The van der Waals surface area contributed by atoms with Crippen LogP contribution in [-0.4, -0.2) is 95.2 Å². The van der Waals surface area contributed by atoms with E-state index in [1.807, 2.05) is 47.1 Å². The Morgan fingerprint density at radius 1 is 0.620 bits per heavy atom. The summed E-state index contributed by atoms with van der Waals surface area (Å²) in [7, 11) is 0.977. The van der Waals surface area contributed by atoms with Crippen LogP contribution in [-0.2, 0) is 51.7 Å². The van der Waals surface area contributed by atoms with E-state index in [0.717, 1.165) is 44.9 Å². The third-order valence-corrected chi connectivity index (χ3v) is 7.73. The molecule has 14 heteroatoms. The first kappa shape index (κ1) is 46.9. The van der Waals surface area contributed by atoms with Gasteiger partial charge in [-0.3, -0.25) is 14.2 Å². The number of hydrogen-bond acceptors (Lipinski definition) is 12. The van der Waals surface area contributed by atoms with Gasteiger partial charge in [0.2, 0.25) is 0 Å². The maximum atomic E-state index is 12.5. The van der Waals surface area contributed by atoms with Gasteiger partial charge in [-0.25, -0.2) is 9.59 Å². The van der Waals surface area contributed by atoms with Crippen LogP contribution in [0.3, 0.4) is 0 Å². The molecule has 0 aromatic heterocycles. The molecule has 0 spiro atoms. The summed E-state index contributed by atoms with van der Waals surface area (Å²) in [5, 5.41) is 0. The van der Waals surface area contributed by atoms with Gasteiger partial charge in [-0.2, -0.15) is 0 Å². The average molecular weight is 730 g/mol. The number of esters is 4. The number of ether oxygens (including phenoxy) is 4. The van der Waals surface area contributed by atoms with Crippen LogP contribution in [0, 0.1) is 0 Å². The molecule has 0 rings (SSSR count). The summed E-state index contributed by atoms with van der Waals surface area (Å²) in [4.78, 5) is 60.2. The van der Waals surface area contributed by atoms with Crippen LogP contribution in [0.4, 0.5) is 0 Å². The lowest BCUT2D eigenvalue weighted by atomic mass is 10.1. The first-order valence-electron chi connectivity index (χ1n) is 17.5. The Morgan fingerprint density at radius 3 is 1.60 bits per heavy atom. The highest BCUT2D eigenvalue weighted by Crippen LogP contribution is 2.38. The predicted molar refractivity (Wildman–Crippen MR) is 188 cm³/mol. The molecule has 0 aromatic rings. The van der Waals surface area contributed by atoms with Crippen molar-refractivity contribution in [1.29, 1.82) is 0 Å². The lowest BCUT2D eigenvalue weighted by Crippen LogP contribution is -2.37. The van der Waals surface area contributed by atoms with Crippen LogP contribution in [0.1, 0.15) is 90.9 Å². The van der Waals surface area contributed by atoms with Gasteiger partial charge in [0.05, 0.1) is 41.0 Å². The van der Waals surface area contributed by atoms with E-state index in [0.29, 0.717) is 43.5 Å². The molecule has 0 amide bonds. The molecule has 1 unspecified atom stereocenters. The maximum Gasteiger partial charge on any atom is 0.330 e. The zero-order valence-corrected chi connectivity index (χ0v) is 31.6. The van der Waals surface area contributed by atoms with Gasteiger partial charge in [-0.05, 0) is 39.5 Å². The van der Waals surface area contributed by atoms with Gasteiger partial charge in [0.25, 0.3) is 7.82 Å². The van der Waals surface area contributed by atoms with E-state index in [2.05, 4.69) is 0 Å². The topological polar surface area (TPSA) is 164 Å². The number of allylic oxidation sites excluding steroid dienone is 6. The fourth-order valence-electron chi connectivity index (χ4n) is 3.99. The lowest BCUT2D eigenvalue weighted by molar-refractivity contribution is -0.870. The van der Waals surface area contributed by atoms with Crippen LogP contribution in [0.15, 0.2) is 48.6 Å². The summed E-state index contributed by atoms with van der Waals surface area (Å²) < 4.78 is 43.6. The molecular weight excluding hydrogens is 669 g/mol. The highest BCUT2D eigenvalue weighted by molar-refractivity contribution is 7.45. The Balaban J connectivity index is 4.56. The number of quaternary nitrogens is 1. The van der Waals surface area contributed by atoms with Crippen molar-refractivity contribution in [3.63, 3.8) is 0 Å². The molecular formula is C36H60NO12P. The summed E-state index contributed by atoms with van der Waals surface area (Å²) in [5.74, 6) is -1.85. The van der Waals surface area contributed by atoms with Crippen molar-refractivity contribution in [2.45, 2.75) is 97.0 Å². The standard InChI is InChI=1S/C36H60NO12P/c1-6-8-16-22-33(38)44-27-20-14-10-12-18-24-35(40)46-30-32(31-48-50(42,43)47-29-26-37(3,4)5)49-36(41)25-19-13-11-15-21-28-45-34(39)23-17-9-7-2/h6-9,16-17,22-23,32H,10-15,18-21,24-31H2,1-5H3/b8-6+,9-7+,22-16+,23-17+/t32-/m1/s1. The first-order chi connectivity index (χ1) is 23.8. The maximum absolute atomic E-state index is 12.5. The SMILES string of the molecule is C/C=C/C=C/C(=O)OCCCCCCCC(=O)OC[C@H](COP(=O)([O-])OCC[N+](C)(C)C)OC(=O)CCCCCCCOC(=O)/C=C/C=C/C. The molecule has 0 saturated heterocycles. The molecule has 13 nitrogen and oxygen atoms in total. The third-order valence-electron chi connectivity index (χ3n) is 6.77. The normalized spacial score (nSPS) is 14.0. The van der Waals surface area contributed by atoms with E-state index in [4.69, 9.17) is 28.0 Å². The summed E-state index contributed by atoms with van der Waals surface area (Å²) >= 11 is 0. The number of likely N-dealkylation sites (N-methyl/N-ethyl adjacent to an activating group) is 1. The third kappa shape index (κ3) is 32.1. The van der Waals surface area contributed by atoms with E-state index >= 15 is 0 Å². The van der Waals surface area contributed by atoms with Crippen LogP contribution < -0.4 is 4.89 Å². The van der Waals surface area contributed by atoms with Crippen LogP contribution >= 0.6 is 7.82 Å². The molecule has 0 aromatic carbocycles. The van der Waals surface area contributed by atoms with Crippen molar-refractivity contribution in [2.24, 2.45) is 0 Å². The average Bonchev–Trinajstić information content (AvgIpc) is 3.04. The number of nitrogens with zero attached hydrogens (tertiary/aromatic N) is 1. The van der Waals surface area contributed by atoms with E-state index < -0.39 is 38.4 Å². The molecule has 0 aliphatic rings. The van der Waals surface area contributed by atoms with Crippen molar-refractivity contribution in [3.8, 4) is 0 Å². The number of phosphoric ester groups is 1. The van der Waals surface area contributed by atoms with Gasteiger partial charge in [0, 0.05) is 25.0 Å². The number of phosphoric acid groups is 1. The van der Waals surface area contributed by atoms with Crippen molar-refractivity contribution in [2.75, 3.05) is 60.7 Å². The van der Waals surface area contributed by atoms with Gasteiger partial charge in [0.1, 0.15) is 19.8 Å². The van der Waals surface area contributed by atoms with Crippen molar-refractivity contribution in [1.82, 2.24) is 0 Å². The second-order valence-corrected chi connectivity index (χ2v) is 13.9. The minimum absolute atomic E-state index is 0.0842. The lowest BCUT2D eigenvalue weighted by Gasteiger charge is -2.28. The minimum Gasteiger partial charge on any atom is -0.756 e. The van der Waals surface area contributed by atoms with Crippen LogP contribution in [0.2, 0.25) is 0 Å². The Kier molecular flexibility index (Phi) is 27.8. The smallest absolute Gasteiger partial charge is 0.330 e. The summed E-state index contributed by atoms with van der Waals surface area (Å²) in [6.45, 7) is 3.77. The molecule has 0 heterocycles. The van der Waals surface area contributed by atoms with Crippen molar-refractivity contribution >= 4 is 31.7 Å². The molecule has 50 heavy (non-hydrogen) atoms. The molecule has 0 bridgehead atoms. The Labute approximate surface area is 298 Å². The highest BCUT2D eigenvalue weighted by atomic mass is 31.2. The van der Waals surface area contributed by atoms with E-state index in [9.17, 15) is 28.6 Å². The Hall–Kier alpha value is -3.09. The largest absolute Gasteiger partial charge is 0.756 e. The van der Waals surface area contributed by atoms with E-state index in [1.54, 1.807) is 24.3 Å². The Morgan fingerprint density at radius 2 is 1.10 bits per heavy atom. The Bertz CT molecular complexity index is 1130. The number of hydrogen-bond donors (Lipinski definition) is 0. The highest BCUT2D eigenvalue weighted by Gasteiger charge is 2.21. The van der Waals surface area contributed by atoms with Gasteiger partial charge in [-0.15, -0.1) is 0 Å². The number of carbonyl (C=O) groups is 4. The molecule has 0 saturated carbocycles. The van der Waals surface area contributed by atoms with Crippen LogP contribution in [0.25, 0.3) is 0 Å². The second kappa shape index (κ2) is 29.6. The molecule has 2 atom stereocenters. The molecule has 0 fully saturated rings. The van der Waals surface area contributed by atoms with E-state index in [-0.39, 0.29) is 32.0 Å². The number of unbranched alkanes of at least 4 members (excludes halogenated alkanes) is 8. The zero-order valence-electron chi connectivity index (χ0n) is 30.7. The minimum atomic E-state index is -4.69. The summed E-state index contributed by atoms with van der Waals surface area (Å²) in [5.41, 5.74) is 0. The van der Waals surface area contributed by atoms with Gasteiger partial charge < -0.3 is 37.4 Å². The van der Waals surface area contributed by atoms with Gasteiger partial charge in [-0.1, -0.05) is 75.0 Å². The van der Waals surface area contributed by atoms with Crippen LogP contribution in [0.5, 0.6) is 0 Å². The summed E-state index contributed by atoms with van der Waals surface area (Å²) in [6.07, 6.45) is 19.6. The fourth-order valence-corrected chi connectivity index (χ4v) is 4.72. The molecule has 0 radical (unpaired) electrons. The molecule has 0 aliphatic carbocycles. The number of carbonyl (C=O) groups excluding carboxylic acids is 4. The zero-order chi connectivity index (χ0) is 37.5. The van der Waals surface area contributed by atoms with Crippen molar-refractivity contribution in [3.05, 3.63) is 48.6 Å².